The second-order valence-corrected chi connectivity index (χ2v) is 3.47. The lowest BCUT2D eigenvalue weighted by Gasteiger charge is -2.05. The van der Waals surface area contributed by atoms with Crippen LogP contribution in [-0.4, -0.2) is 34.8 Å². The number of ether oxygens (including phenoxy) is 2. The van der Waals surface area contributed by atoms with Crippen molar-refractivity contribution in [3.63, 3.8) is 0 Å². The van der Waals surface area contributed by atoms with Gasteiger partial charge in [0.25, 0.3) is 0 Å². The number of carbonyl (C=O) groups excluding carboxylic acids is 1. The second-order valence-electron chi connectivity index (χ2n) is 3.47. The number of hydrogen-bond acceptors (Lipinski definition) is 6. The van der Waals surface area contributed by atoms with Crippen molar-refractivity contribution in [3.05, 3.63) is 23.9 Å². The van der Waals surface area contributed by atoms with Crippen LogP contribution in [0.3, 0.4) is 0 Å². The molecule has 94 valence electrons. The summed E-state index contributed by atoms with van der Waals surface area (Å²) in [6, 6.07) is 4.97. The molecule has 0 radical (unpaired) electrons. The Kier molecular flexibility index (Phi) is 3.27. The van der Waals surface area contributed by atoms with Crippen LogP contribution < -0.4 is 4.74 Å². The molecule has 0 aliphatic heterocycles. The van der Waals surface area contributed by atoms with E-state index < -0.39 is 11.8 Å². The van der Waals surface area contributed by atoms with E-state index in [1.165, 1.54) is 7.11 Å². The summed E-state index contributed by atoms with van der Waals surface area (Å²) in [5.74, 6) is -0.546. The summed E-state index contributed by atoms with van der Waals surface area (Å²) in [6.07, 6.45) is 0. The van der Waals surface area contributed by atoms with Crippen LogP contribution in [0.4, 0.5) is 0 Å². The van der Waals surface area contributed by atoms with Crippen LogP contribution in [0.25, 0.3) is 11.0 Å². The molecule has 1 aromatic carbocycles. The minimum Gasteiger partial charge on any atom is -0.497 e. The molecule has 0 amide bonds. The van der Waals surface area contributed by atoms with Gasteiger partial charge in [0.2, 0.25) is 11.6 Å². The fraction of sp³-hybridized carbons (Fsp3) is 0.250. The molecule has 0 unspecified atom stereocenters. The highest BCUT2D eigenvalue weighted by Gasteiger charge is 2.17. The van der Waals surface area contributed by atoms with Crippen molar-refractivity contribution in [1.29, 1.82) is 0 Å². The summed E-state index contributed by atoms with van der Waals surface area (Å²) in [4.78, 5) is 19.5. The number of aromatic hydroxyl groups is 1. The van der Waals surface area contributed by atoms with Crippen LogP contribution >= 0.6 is 0 Å². The number of benzene rings is 1. The first-order valence-electron chi connectivity index (χ1n) is 5.37. The zero-order valence-corrected chi connectivity index (χ0v) is 10.0. The van der Waals surface area contributed by atoms with Crippen LogP contribution in [0, 0.1) is 0 Å². The lowest BCUT2D eigenvalue weighted by Crippen LogP contribution is -2.08. The van der Waals surface area contributed by atoms with E-state index in [0.29, 0.717) is 16.8 Å². The van der Waals surface area contributed by atoms with Gasteiger partial charge < -0.3 is 14.6 Å². The fourth-order valence-electron chi connectivity index (χ4n) is 1.49. The lowest BCUT2D eigenvalue weighted by molar-refractivity contribution is 0.0515. The normalized spacial score (nSPS) is 10.3. The highest BCUT2D eigenvalue weighted by Crippen LogP contribution is 2.22. The first-order chi connectivity index (χ1) is 8.65. The summed E-state index contributed by atoms with van der Waals surface area (Å²) in [6.45, 7) is 1.88. The molecule has 1 aromatic heterocycles. The van der Waals surface area contributed by atoms with Gasteiger partial charge in [-0.05, 0) is 19.1 Å². The molecule has 18 heavy (non-hydrogen) atoms. The molecule has 6 nitrogen and oxygen atoms in total. The van der Waals surface area contributed by atoms with Crippen molar-refractivity contribution in [2.24, 2.45) is 0 Å². The first-order valence-corrected chi connectivity index (χ1v) is 5.37. The maximum atomic E-state index is 11.5. The number of fused-ring (bicyclic) bond motifs is 1. The Hall–Kier alpha value is -2.37. The molecule has 2 aromatic rings. The topological polar surface area (TPSA) is 81.5 Å². The van der Waals surface area contributed by atoms with Crippen molar-refractivity contribution in [2.45, 2.75) is 6.92 Å². The van der Waals surface area contributed by atoms with Crippen LogP contribution in [0.15, 0.2) is 18.2 Å². The van der Waals surface area contributed by atoms with Gasteiger partial charge in [-0.3, -0.25) is 0 Å². The zero-order valence-electron chi connectivity index (χ0n) is 10.0. The van der Waals surface area contributed by atoms with Gasteiger partial charge in [-0.1, -0.05) is 0 Å². The van der Waals surface area contributed by atoms with Crippen molar-refractivity contribution in [1.82, 2.24) is 9.97 Å². The van der Waals surface area contributed by atoms with Gasteiger partial charge in [-0.15, -0.1) is 0 Å². The predicted octanol–water partition coefficient (Wildman–Crippen LogP) is 1.52. The molecular formula is C12H12N2O4. The van der Waals surface area contributed by atoms with Gasteiger partial charge in [-0.2, -0.15) is 0 Å². The van der Waals surface area contributed by atoms with E-state index >= 15 is 0 Å². The van der Waals surface area contributed by atoms with Gasteiger partial charge in [0.1, 0.15) is 5.75 Å². The van der Waals surface area contributed by atoms with E-state index in [1.807, 2.05) is 0 Å². The number of nitrogens with zero attached hydrogens (tertiary/aromatic N) is 2. The molecule has 0 saturated carbocycles. The minimum absolute atomic E-state index is 0.197. The Morgan fingerprint density at radius 3 is 2.78 bits per heavy atom. The predicted molar refractivity (Wildman–Crippen MR) is 63.7 cm³/mol. The van der Waals surface area contributed by atoms with Crippen molar-refractivity contribution in [3.8, 4) is 11.6 Å². The minimum atomic E-state index is -0.702. The molecule has 0 aliphatic rings. The maximum Gasteiger partial charge on any atom is 0.362 e. The first kappa shape index (κ1) is 12.1. The van der Waals surface area contributed by atoms with E-state index in [2.05, 4.69) is 9.97 Å². The lowest BCUT2D eigenvalue weighted by atomic mass is 10.2. The van der Waals surface area contributed by atoms with Gasteiger partial charge in [0.15, 0.2) is 0 Å². The molecular weight excluding hydrogens is 236 g/mol. The van der Waals surface area contributed by atoms with Crippen LogP contribution in [0.2, 0.25) is 0 Å². The number of methoxy groups -OCH3 is 1. The number of hydrogen-bond donors (Lipinski definition) is 1. The molecule has 0 saturated heterocycles. The number of carbonyl (C=O) groups is 1. The molecule has 0 spiro atoms. The molecule has 0 bridgehead atoms. The fourth-order valence-corrected chi connectivity index (χ4v) is 1.49. The van der Waals surface area contributed by atoms with Crippen molar-refractivity contribution < 1.29 is 19.4 Å². The molecule has 0 aliphatic carbocycles. The molecule has 0 fully saturated rings. The largest absolute Gasteiger partial charge is 0.497 e. The Balaban J connectivity index is 2.54. The zero-order chi connectivity index (χ0) is 13.1. The number of rotatable bonds is 3. The Labute approximate surface area is 103 Å². The number of aromatic nitrogens is 2. The standard InChI is InChI=1S/C12H12N2O4/c1-3-18-12(16)10-11(15)14-8-5-4-7(17-2)6-9(8)13-10/h4-6H,3H2,1-2H3,(H,14,15). The van der Waals surface area contributed by atoms with E-state index in [-0.39, 0.29) is 12.3 Å². The van der Waals surface area contributed by atoms with E-state index in [9.17, 15) is 9.90 Å². The van der Waals surface area contributed by atoms with E-state index in [1.54, 1.807) is 25.1 Å². The summed E-state index contributed by atoms with van der Waals surface area (Å²) in [7, 11) is 1.53. The molecule has 6 heteroatoms. The third-order valence-corrected chi connectivity index (χ3v) is 2.32. The number of esters is 1. The van der Waals surface area contributed by atoms with Crippen LogP contribution in [0.5, 0.6) is 11.6 Å². The summed E-state index contributed by atoms with van der Waals surface area (Å²) < 4.78 is 9.84. The SMILES string of the molecule is CCOC(=O)c1nc2cc(OC)ccc2nc1O. The smallest absolute Gasteiger partial charge is 0.362 e. The third-order valence-electron chi connectivity index (χ3n) is 2.32. The Morgan fingerprint density at radius 2 is 2.11 bits per heavy atom. The summed E-state index contributed by atoms with van der Waals surface area (Å²) in [5, 5.41) is 9.63. The second kappa shape index (κ2) is 4.87. The molecule has 0 atom stereocenters. The third kappa shape index (κ3) is 2.17. The van der Waals surface area contributed by atoms with E-state index in [0.717, 1.165) is 0 Å². The maximum absolute atomic E-state index is 11.5. The molecule has 2 rings (SSSR count). The van der Waals surface area contributed by atoms with Gasteiger partial charge in [-0.25, -0.2) is 14.8 Å². The van der Waals surface area contributed by atoms with Crippen LogP contribution in [0.1, 0.15) is 17.4 Å². The Bertz CT molecular complexity index is 598. The van der Waals surface area contributed by atoms with Gasteiger partial charge >= 0.3 is 5.97 Å². The quantitative estimate of drug-likeness (QED) is 0.829. The average molecular weight is 248 g/mol. The highest BCUT2D eigenvalue weighted by atomic mass is 16.5. The Morgan fingerprint density at radius 1 is 1.33 bits per heavy atom. The van der Waals surface area contributed by atoms with E-state index in [4.69, 9.17) is 9.47 Å². The van der Waals surface area contributed by atoms with Crippen LogP contribution in [-0.2, 0) is 4.74 Å². The average Bonchev–Trinajstić information content (AvgIpc) is 2.37. The monoisotopic (exact) mass is 248 g/mol. The molecule has 1 heterocycles. The summed E-state index contributed by atoms with van der Waals surface area (Å²) >= 11 is 0. The highest BCUT2D eigenvalue weighted by molar-refractivity contribution is 5.92. The summed E-state index contributed by atoms with van der Waals surface area (Å²) in [5.41, 5.74) is 0.731. The van der Waals surface area contributed by atoms with Crippen molar-refractivity contribution >= 4 is 17.0 Å². The van der Waals surface area contributed by atoms with Gasteiger partial charge in [0.05, 0.1) is 24.8 Å². The molecule has 1 N–H and O–H groups in total. The van der Waals surface area contributed by atoms with Gasteiger partial charge in [0, 0.05) is 6.07 Å². The van der Waals surface area contributed by atoms with Crippen molar-refractivity contribution in [2.75, 3.05) is 13.7 Å².